The molecule has 0 amide bonds. The predicted octanol–water partition coefficient (Wildman–Crippen LogP) is 4.22. The number of Topliss-reactive ketones (excluding diaryl/α,β-unsaturated/α-hetero) is 1. The number of para-hydroxylation sites is 1. The number of esters is 1. The summed E-state index contributed by atoms with van der Waals surface area (Å²) in [6, 6.07) is 10.5. The van der Waals surface area contributed by atoms with E-state index in [0.717, 1.165) is 0 Å². The molecule has 5 nitrogen and oxygen atoms in total. The van der Waals surface area contributed by atoms with Gasteiger partial charge in [-0.15, -0.1) is 0 Å². The second-order valence-corrected chi connectivity index (χ2v) is 5.34. The fourth-order valence-corrected chi connectivity index (χ4v) is 2.38. The second-order valence-electron chi connectivity index (χ2n) is 5.34. The van der Waals surface area contributed by atoms with E-state index in [1.807, 2.05) is 0 Å². The molecule has 0 saturated heterocycles. The number of allylic oxidation sites excluding steroid dienone is 1. The smallest absolute Gasteiger partial charge is 0.387 e. The van der Waals surface area contributed by atoms with Crippen molar-refractivity contribution in [2.75, 3.05) is 0 Å². The van der Waals surface area contributed by atoms with E-state index in [1.165, 1.54) is 36.4 Å². The van der Waals surface area contributed by atoms with Crippen molar-refractivity contribution in [2.24, 2.45) is 0 Å². The molecule has 2 aromatic rings. The highest BCUT2D eigenvalue weighted by molar-refractivity contribution is 6.14. The summed E-state index contributed by atoms with van der Waals surface area (Å²) in [4.78, 5) is 23.8. The number of hydrogen-bond donors (Lipinski definition) is 0. The standard InChI is InChI=1S/C19H14F2O5/c1-2-17(22)24-12-7-8-13-15(10-12)25-16(18(13)23)9-11-5-3-4-6-14(11)26-19(20)21/h3-10,19H,2H2,1H3/b16-9-. The minimum atomic E-state index is -2.98. The van der Waals surface area contributed by atoms with Gasteiger partial charge < -0.3 is 14.2 Å². The molecule has 0 spiro atoms. The van der Waals surface area contributed by atoms with Crippen LogP contribution in [-0.4, -0.2) is 18.4 Å². The molecular weight excluding hydrogens is 346 g/mol. The molecule has 0 unspecified atom stereocenters. The number of ketones is 1. The van der Waals surface area contributed by atoms with Crippen LogP contribution >= 0.6 is 0 Å². The first-order valence-electron chi connectivity index (χ1n) is 7.80. The maximum atomic E-state index is 12.5. The molecule has 1 heterocycles. The van der Waals surface area contributed by atoms with Gasteiger partial charge in [-0.25, -0.2) is 0 Å². The number of rotatable bonds is 5. The van der Waals surface area contributed by atoms with Gasteiger partial charge >= 0.3 is 12.6 Å². The van der Waals surface area contributed by atoms with Gasteiger partial charge in [-0.3, -0.25) is 9.59 Å². The lowest BCUT2D eigenvalue weighted by Crippen LogP contribution is -2.05. The maximum Gasteiger partial charge on any atom is 0.387 e. The van der Waals surface area contributed by atoms with Gasteiger partial charge in [0.2, 0.25) is 5.78 Å². The van der Waals surface area contributed by atoms with Crippen LogP contribution in [0.15, 0.2) is 48.2 Å². The van der Waals surface area contributed by atoms with Crippen molar-refractivity contribution < 1.29 is 32.6 Å². The van der Waals surface area contributed by atoms with E-state index >= 15 is 0 Å². The molecule has 3 rings (SSSR count). The first-order chi connectivity index (χ1) is 12.5. The molecular formula is C19H14F2O5. The zero-order chi connectivity index (χ0) is 18.7. The van der Waals surface area contributed by atoms with Gasteiger partial charge in [0, 0.05) is 18.1 Å². The summed E-state index contributed by atoms with van der Waals surface area (Å²) in [5.74, 6) is -0.437. The summed E-state index contributed by atoms with van der Waals surface area (Å²) in [5, 5.41) is 0. The lowest BCUT2D eigenvalue weighted by atomic mass is 10.1. The predicted molar refractivity (Wildman–Crippen MR) is 88.4 cm³/mol. The number of ether oxygens (including phenoxy) is 3. The Labute approximate surface area is 147 Å². The Balaban J connectivity index is 1.88. The third-order valence-corrected chi connectivity index (χ3v) is 3.58. The Kier molecular flexibility index (Phi) is 4.97. The number of carbonyl (C=O) groups is 2. The van der Waals surface area contributed by atoms with Crippen LogP contribution in [-0.2, 0) is 4.79 Å². The lowest BCUT2D eigenvalue weighted by molar-refractivity contribution is -0.134. The molecule has 0 aliphatic carbocycles. The Morgan fingerprint density at radius 1 is 1.23 bits per heavy atom. The number of hydrogen-bond acceptors (Lipinski definition) is 5. The number of carbonyl (C=O) groups excluding carboxylic acids is 2. The van der Waals surface area contributed by atoms with Crippen molar-refractivity contribution >= 4 is 17.8 Å². The molecule has 1 aliphatic rings. The van der Waals surface area contributed by atoms with E-state index in [-0.39, 0.29) is 35.0 Å². The summed E-state index contributed by atoms with van der Waals surface area (Å²) < 4.78 is 40.0. The van der Waals surface area contributed by atoms with Crippen molar-refractivity contribution in [2.45, 2.75) is 20.0 Å². The summed E-state index contributed by atoms with van der Waals surface area (Å²) >= 11 is 0. The summed E-state index contributed by atoms with van der Waals surface area (Å²) in [5.41, 5.74) is 0.571. The maximum absolute atomic E-state index is 12.5. The third kappa shape index (κ3) is 3.72. The Bertz CT molecular complexity index is 889. The van der Waals surface area contributed by atoms with Crippen molar-refractivity contribution in [3.8, 4) is 17.2 Å². The van der Waals surface area contributed by atoms with Crippen LogP contribution in [0.5, 0.6) is 17.2 Å². The van der Waals surface area contributed by atoms with Crippen molar-refractivity contribution in [3.63, 3.8) is 0 Å². The van der Waals surface area contributed by atoms with Gasteiger partial charge in [-0.05, 0) is 24.3 Å². The Morgan fingerprint density at radius 2 is 2.00 bits per heavy atom. The van der Waals surface area contributed by atoms with Gasteiger partial charge in [-0.1, -0.05) is 25.1 Å². The number of benzene rings is 2. The minimum Gasteiger partial charge on any atom is -0.452 e. The fourth-order valence-electron chi connectivity index (χ4n) is 2.38. The van der Waals surface area contributed by atoms with E-state index in [2.05, 4.69) is 4.74 Å². The highest BCUT2D eigenvalue weighted by Gasteiger charge is 2.28. The lowest BCUT2D eigenvalue weighted by Gasteiger charge is -2.08. The van der Waals surface area contributed by atoms with Crippen LogP contribution in [0.3, 0.4) is 0 Å². The molecule has 0 radical (unpaired) electrons. The molecule has 26 heavy (non-hydrogen) atoms. The van der Waals surface area contributed by atoms with Crippen molar-refractivity contribution in [3.05, 3.63) is 59.4 Å². The molecule has 0 N–H and O–H groups in total. The summed E-state index contributed by atoms with van der Waals surface area (Å²) in [7, 11) is 0. The number of fused-ring (bicyclic) bond motifs is 1. The van der Waals surface area contributed by atoms with Crippen LogP contribution in [0.25, 0.3) is 6.08 Å². The SMILES string of the molecule is CCC(=O)Oc1ccc2c(c1)O/C(=C\c1ccccc1OC(F)F)C2=O. The quantitative estimate of drug-likeness (QED) is 0.454. The van der Waals surface area contributed by atoms with Gasteiger partial charge in [0.25, 0.3) is 0 Å². The van der Waals surface area contributed by atoms with Crippen LogP contribution in [0, 0.1) is 0 Å². The Hall–Kier alpha value is -3.22. The summed E-state index contributed by atoms with van der Waals surface area (Å²) in [6.07, 6.45) is 1.54. The molecule has 0 fully saturated rings. The first kappa shape index (κ1) is 17.6. The van der Waals surface area contributed by atoms with Crippen molar-refractivity contribution in [1.29, 1.82) is 0 Å². The van der Waals surface area contributed by atoms with Crippen LogP contribution in [0.2, 0.25) is 0 Å². The molecule has 2 aromatic carbocycles. The van der Waals surface area contributed by atoms with Gasteiger partial charge in [-0.2, -0.15) is 8.78 Å². The zero-order valence-electron chi connectivity index (χ0n) is 13.7. The highest BCUT2D eigenvalue weighted by atomic mass is 19.3. The van der Waals surface area contributed by atoms with Gasteiger partial charge in [0.05, 0.1) is 5.56 Å². The monoisotopic (exact) mass is 360 g/mol. The van der Waals surface area contributed by atoms with Crippen molar-refractivity contribution in [1.82, 2.24) is 0 Å². The van der Waals surface area contributed by atoms with E-state index < -0.39 is 18.4 Å². The van der Waals surface area contributed by atoms with Gasteiger partial charge in [0.15, 0.2) is 5.76 Å². The zero-order valence-corrected chi connectivity index (χ0v) is 13.7. The second kappa shape index (κ2) is 7.35. The van der Waals surface area contributed by atoms with Crippen LogP contribution in [0.4, 0.5) is 8.78 Å². The first-order valence-corrected chi connectivity index (χ1v) is 7.80. The molecule has 1 aliphatic heterocycles. The normalized spacial score (nSPS) is 14.3. The van der Waals surface area contributed by atoms with Crippen LogP contribution in [0.1, 0.15) is 29.3 Å². The topological polar surface area (TPSA) is 61.8 Å². The molecule has 0 bridgehead atoms. The average Bonchev–Trinajstić information content (AvgIpc) is 2.91. The largest absolute Gasteiger partial charge is 0.452 e. The van der Waals surface area contributed by atoms with Gasteiger partial charge in [0.1, 0.15) is 17.2 Å². The van der Waals surface area contributed by atoms with E-state index in [9.17, 15) is 18.4 Å². The van der Waals surface area contributed by atoms with E-state index in [0.29, 0.717) is 5.56 Å². The molecule has 134 valence electrons. The molecule has 7 heteroatoms. The molecule has 0 atom stereocenters. The highest BCUT2D eigenvalue weighted by Crippen LogP contribution is 2.36. The van der Waals surface area contributed by atoms with E-state index in [4.69, 9.17) is 9.47 Å². The minimum absolute atomic E-state index is 0.0377. The molecule has 0 saturated carbocycles. The van der Waals surface area contributed by atoms with E-state index in [1.54, 1.807) is 19.1 Å². The van der Waals surface area contributed by atoms with Crippen LogP contribution < -0.4 is 14.2 Å². The number of halogens is 2. The Morgan fingerprint density at radius 3 is 2.73 bits per heavy atom. The molecule has 0 aromatic heterocycles. The average molecular weight is 360 g/mol. The summed E-state index contributed by atoms with van der Waals surface area (Å²) in [6.45, 7) is -1.32. The fraction of sp³-hybridized carbons (Fsp3) is 0.158. The third-order valence-electron chi connectivity index (χ3n) is 3.58. The number of alkyl halides is 2.